The molecule has 1 saturated heterocycles. The number of thiophene rings is 1. The van der Waals surface area contributed by atoms with Crippen molar-refractivity contribution in [2.75, 3.05) is 25.2 Å². The lowest BCUT2D eigenvalue weighted by molar-refractivity contribution is -0.121. The molecule has 4 heterocycles. The molecule has 0 atom stereocenters. The number of likely N-dealkylation sites (tertiary alicyclic amines) is 1. The molecule has 3 aromatic rings. The highest BCUT2D eigenvalue weighted by Crippen LogP contribution is 2.41. The zero-order valence-electron chi connectivity index (χ0n) is 19.2. The van der Waals surface area contributed by atoms with E-state index in [1.807, 2.05) is 24.8 Å². The molecule has 3 aliphatic rings. The number of amides is 2. The van der Waals surface area contributed by atoms with Gasteiger partial charge in [-0.3, -0.25) is 9.59 Å². The van der Waals surface area contributed by atoms with Crippen LogP contribution >= 0.6 is 11.3 Å². The number of carbonyl (C=O) groups excluding carboxylic acids is 2. The molecule has 9 heteroatoms. The molecule has 1 N–H and O–H groups in total. The summed E-state index contributed by atoms with van der Waals surface area (Å²) in [6.07, 6.45) is 3.57. The molecule has 1 saturated carbocycles. The van der Waals surface area contributed by atoms with E-state index < -0.39 is 0 Å². The number of ether oxygens (including phenoxy) is 2. The fourth-order valence-electron chi connectivity index (χ4n) is 4.79. The minimum Gasteiger partial charge on any atom is -0.454 e. The third-order valence-corrected chi connectivity index (χ3v) is 8.09. The molecule has 2 amide bonds. The van der Waals surface area contributed by atoms with Gasteiger partial charge in [0.25, 0.3) is 5.91 Å². The van der Waals surface area contributed by atoms with Crippen molar-refractivity contribution in [2.45, 2.75) is 45.4 Å². The predicted molar refractivity (Wildman–Crippen MR) is 129 cm³/mol. The Balaban J connectivity index is 1.12. The summed E-state index contributed by atoms with van der Waals surface area (Å²) in [5, 5.41) is 3.99. The van der Waals surface area contributed by atoms with Crippen LogP contribution in [0.1, 0.15) is 58.4 Å². The molecule has 6 rings (SSSR count). The van der Waals surface area contributed by atoms with Crippen LogP contribution in [0.15, 0.2) is 18.2 Å². The van der Waals surface area contributed by atoms with E-state index in [9.17, 15) is 9.59 Å². The smallest absolute Gasteiger partial charge is 0.264 e. The molecular formula is C25H26N4O4S. The lowest BCUT2D eigenvalue weighted by atomic mass is 9.95. The number of anilines is 1. The Morgan fingerprint density at radius 2 is 1.82 bits per heavy atom. The molecule has 2 aliphatic heterocycles. The largest absolute Gasteiger partial charge is 0.454 e. The van der Waals surface area contributed by atoms with Gasteiger partial charge >= 0.3 is 0 Å². The topological polar surface area (TPSA) is 93.7 Å². The molecule has 1 aromatic carbocycles. The third-order valence-electron chi connectivity index (χ3n) is 6.92. The number of fused-ring (bicyclic) bond motifs is 2. The van der Waals surface area contributed by atoms with E-state index in [0.29, 0.717) is 49.0 Å². The quantitative estimate of drug-likeness (QED) is 0.597. The second kappa shape index (κ2) is 8.23. The van der Waals surface area contributed by atoms with E-state index in [-0.39, 0.29) is 24.5 Å². The highest BCUT2D eigenvalue weighted by Gasteiger charge is 2.32. The second-order valence-corrected chi connectivity index (χ2v) is 10.3. The third kappa shape index (κ3) is 3.77. The summed E-state index contributed by atoms with van der Waals surface area (Å²) in [7, 11) is 0. The van der Waals surface area contributed by atoms with Crippen LogP contribution < -0.4 is 14.8 Å². The van der Waals surface area contributed by atoms with Crippen molar-refractivity contribution in [1.82, 2.24) is 14.9 Å². The van der Waals surface area contributed by atoms with Crippen LogP contribution in [0.4, 0.5) is 5.69 Å². The zero-order chi connectivity index (χ0) is 23.4. The van der Waals surface area contributed by atoms with Crippen molar-refractivity contribution >= 4 is 39.1 Å². The van der Waals surface area contributed by atoms with E-state index in [4.69, 9.17) is 19.4 Å². The van der Waals surface area contributed by atoms with Crippen molar-refractivity contribution < 1.29 is 19.1 Å². The molecule has 0 unspecified atom stereocenters. The van der Waals surface area contributed by atoms with Gasteiger partial charge in [-0.25, -0.2) is 9.97 Å². The zero-order valence-corrected chi connectivity index (χ0v) is 20.0. The maximum absolute atomic E-state index is 13.4. The molecule has 2 aromatic heterocycles. The van der Waals surface area contributed by atoms with E-state index in [1.165, 1.54) is 11.3 Å². The maximum Gasteiger partial charge on any atom is 0.264 e. The average molecular weight is 479 g/mol. The number of piperidine rings is 1. The van der Waals surface area contributed by atoms with Crippen LogP contribution in [0, 0.1) is 19.8 Å². The van der Waals surface area contributed by atoms with Gasteiger partial charge in [0, 0.05) is 42.1 Å². The van der Waals surface area contributed by atoms with Crippen LogP contribution in [0.25, 0.3) is 10.2 Å². The first-order valence-electron chi connectivity index (χ1n) is 11.8. The Labute approximate surface area is 201 Å². The Kier molecular flexibility index (Phi) is 5.17. The minimum atomic E-state index is -0.132. The van der Waals surface area contributed by atoms with Gasteiger partial charge in [0.05, 0.1) is 10.6 Å². The van der Waals surface area contributed by atoms with E-state index in [0.717, 1.165) is 45.0 Å². The second-order valence-electron chi connectivity index (χ2n) is 9.30. The number of rotatable bonds is 4. The van der Waals surface area contributed by atoms with Crippen molar-refractivity contribution in [3.05, 3.63) is 40.2 Å². The van der Waals surface area contributed by atoms with Gasteiger partial charge in [-0.2, -0.15) is 0 Å². The number of nitrogens with one attached hydrogen (secondary N) is 1. The summed E-state index contributed by atoms with van der Waals surface area (Å²) in [6, 6.07) is 5.39. The summed E-state index contributed by atoms with van der Waals surface area (Å²) >= 11 is 1.47. The van der Waals surface area contributed by atoms with E-state index >= 15 is 0 Å². The molecule has 34 heavy (non-hydrogen) atoms. The van der Waals surface area contributed by atoms with Crippen LogP contribution in [0.2, 0.25) is 0 Å². The highest BCUT2D eigenvalue weighted by atomic mass is 32.1. The molecular weight excluding hydrogens is 452 g/mol. The van der Waals surface area contributed by atoms with Crippen molar-refractivity contribution in [3.63, 3.8) is 0 Å². The molecule has 8 nitrogen and oxygen atoms in total. The molecule has 0 bridgehead atoms. The lowest BCUT2D eigenvalue weighted by Crippen LogP contribution is -2.41. The molecule has 0 spiro atoms. The Morgan fingerprint density at radius 1 is 1.06 bits per heavy atom. The van der Waals surface area contributed by atoms with Crippen LogP contribution in [0.3, 0.4) is 0 Å². The first-order chi connectivity index (χ1) is 16.5. The number of aromatic nitrogens is 2. The van der Waals surface area contributed by atoms with Gasteiger partial charge in [0.2, 0.25) is 12.7 Å². The standard InChI is InChI=1S/C25H26N4O4S/c1-13-20-14(2)26-22(15-3-4-15)28-24(20)34-21(13)25(31)29-9-7-16(8-10-29)23(30)27-17-5-6-18-19(11-17)33-12-32-18/h5-6,11,15-16H,3-4,7-10,12H2,1-2H3,(H,27,30). The van der Waals surface area contributed by atoms with Gasteiger partial charge in [-0.1, -0.05) is 0 Å². The van der Waals surface area contributed by atoms with Crippen molar-refractivity contribution in [3.8, 4) is 11.5 Å². The van der Waals surface area contributed by atoms with E-state index in [2.05, 4.69) is 5.32 Å². The Morgan fingerprint density at radius 3 is 2.59 bits per heavy atom. The number of carbonyl (C=O) groups is 2. The van der Waals surface area contributed by atoms with Crippen LogP contribution in [-0.2, 0) is 4.79 Å². The van der Waals surface area contributed by atoms with Gasteiger partial charge in [-0.15, -0.1) is 11.3 Å². The number of hydrogen-bond acceptors (Lipinski definition) is 7. The summed E-state index contributed by atoms with van der Waals surface area (Å²) in [5.74, 6) is 2.59. The first kappa shape index (κ1) is 21.3. The van der Waals surface area contributed by atoms with Gasteiger partial charge in [0.15, 0.2) is 11.5 Å². The number of nitrogens with zero attached hydrogens (tertiary/aromatic N) is 3. The van der Waals surface area contributed by atoms with Crippen molar-refractivity contribution in [2.24, 2.45) is 5.92 Å². The summed E-state index contributed by atoms with van der Waals surface area (Å²) in [5.41, 5.74) is 2.61. The number of hydrogen-bond donors (Lipinski definition) is 1. The van der Waals surface area contributed by atoms with E-state index in [1.54, 1.807) is 12.1 Å². The molecule has 2 fully saturated rings. The SMILES string of the molecule is Cc1nc(C2CC2)nc2sc(C(=O)N3CCC(C(=O)Nc4ccc5c(c4)OCO5)CC3)c(C)c12. The number of aryl methyl sites for hydroxylation is 2. The number of benzene rings is 1. The predicted octanol–water partition coefficient (Wildman–Crippen LogP) is 4.41. The minimum absolute atomic E-state index is 0.0255. The average Bonchev–Trinajstić information content (AvgIpc) is 3.49. The van der Waals surface area contributed by atoms with Crippen molar-refractivity contribution in [1.29, 1.82) is 0 Å². The van der Waals surface area contributed by atoms with Crippen LogP contribution in [-0.4, -0.2) is 46.6 Å². The summed E-state index contributed by atoms with van der Waals surface area (Å²) in [6.45, 7) is 5.32. The van der Waals surface area contributed by atoms with Gasteiger partial charge in [0.1, 0.15) is 10.7 Å². The van der Waals surface area contributed by atoms with Gasteiger partial charge < -0.3 is 19.7 Å². The molecule has 176 valence electrons. The lowest BCUT2D eigenvalue weighted by Gasteiger charge is -2.31. The highest BCUT2D eigenvalue weighted by molar-refractivity contribution is 7.20. The van der Waals surface area contributed by atoms with Gasteiger partial charge in [-0.05, 0) is 57.2 Å². The molecule has 0 radical (unpaired) electrons. The summed E-state index contributed by atoms with van der Waals surface area (Å²) in [4.78, 5) is 39.2. The first-order valence-corrected chi connectivity index (χ1v) is 12.6. The Hall–Kier alpha value is -3.20. The van der Waals surface area contributed by atoms with Crippen LogP contribution in [0.5, 0.6) is 11.5 Å². The monoisotopic (exact) mass is 478 g/mol. The normalized spacial score (nSPS) is 17.9. The Bertz CT molecular complexity index is 1310. The maximum atomic E-state index is 13.4. The molecule has 1 aliphatic carbocycles. The fraction of sp³-hybridized carbons (Fsp3) is 0.440. The fourth-order valence-corrected chi connectivity index (χ4v) is 6.00. The summed E-state index contributed by atoms with van der Waals surface area (Å²) < 4.78 is 10.7.